The lowest BCUT2D eigenvalue weighted by molar-refractivity contribution is -0.127. The average Bonchev–Trinajstić information content (AvgIpc) is 2.61. The molecule has 1 aliphatic rings. The van der Waals surface area contributed by atoms with E-state index in [1.807, 2.05) is 54.3 Å². The van der Waals surface area contributed by atoms with Gasteiger partial charge in [0.15, 0.2) is 0 Å². The van der Waals surface area contributed by atoms with Crippen LogP contribution in [0.1, 0.15) is 12.5 Å². The number of carbonyl (C=O) groups is 1. The maximum Gasteiger partial charge on any atom is 0.249 e. The van der Waals surface area contributed by atoms with Crippen LogP contribution < -0.4 is 4.90 Å². The van der Waals surface area contributed by atoms with Crippen molar-refractivity contribution in [3.8, 4) is 5.75 Å². The van der Waals surface area contributed by atoms with Gasteiger partial charge in [0.05, 0.1) is 0 Å². The number of halogens is 1. The minimum atomic E-state index is 0.0514. The molecule has 130 valence electrons. The van der Waals surface area contributed by atoms with Crippen molar-refractivity contribution in [3.63, 3.8) is 0 Å². The lowest BCUT2D eigenvalue weighted by atomic mass is 10.1. The van der Waals surface area contributed by atoms with Gasteiger partial charge >= 0.3 is 0 Å². The van der Waals surface area contributed by atoms with Crippen LogP contribution in [-0.2, 0) is 4.79 Å². The highest BCUT2D eigenvalue weighted by molar-refractivity contribution is 6.30. The molecule has 1 heterocycles. The highest BCUT2D eigenvalue weighted by Crippen LogP contribution is 2.22. The van der Waals surface area contributed by atoms with Gasteiger partial charge in [-0.3, -0.25) is 4.79 Å². The van der Waals surface area contributed by atoms with Gasteiger partial charge in [-0.05, 0) is 42.8 Å². The molecule has 3 rings (SSSR count). The second-order valence-corrected chi connectivity index (χ2v) is 6.62. The van der Waals surface area contributed by atoms with Crippen molar-refractivity contribution in [1.29, 1.82) is 0 Å². The van der Waals surface area contributed by atoms with E-state index in [1.54, 1.807) is 12.1 Å². The van der Waals surface area contributed by atoms with Crippen molar-refractivity contribution in [1.82, 2.24) is 4.90 Å². The fourth-order valence-electron chi connectivity index (χ4n) is 3.01. The molecule has 2 aromatic carbocycles. The summed E-state index contributed by atoms with van der Waals surface area (Å²) in [5.41, 5.74) is 2.61. The molecule has 4 nitrogen and oxygen atoms in total. The highest BCUT2D eigenvalue weighted by atomic mass is 35.5. The average molecular weight is 357 g/mol. The van der Waals surface area contributed by atoms with Gasteiger partial charge in [-0.2, -0.15) is 0 Å². The number of aromatic hydroxyl groups is 1. The molecule has 1 aliphatic heterocycles. The molecule has 0 atom stereocenters. The third-order valence-electron chi connectivity index (χ3n) is 4.33. The summed E-state index contributed by atoms with van der Waals surface area (Å²) in [5, 5.41) is 10.3. The van der Waals surface area contributed by atoms with Crippen molar-refractivity contribution in [2.24, 2.45) is 0 Å². The first-order valence-electron chi connectivity index (χ1n) is 8.30. The first-order chi connectivity index (χ1) is 12.0. The number of phenols is 1. The van der Waals surface area contributed by atoms with Crippen LogP contribution in [0.15, 0.2) is 54.1 Å². The normalized spacial score (nSPS) is 15.4. The standard InChI is InChI=1S/C20H21ClN2O2/c1-15(12-16-4-2-5-17(21)13-16)20(25)23-10-8-22(9-11-23)18-6-3-7-19(24)14-18/h2-7,12-14,24H,8-11H2,1H3. The number of anilines is 1. The molecule has 0 radical (unpaired) electrons. The Labute approximate surface area is 152 Å². The molecule has 0 bridgehead atoms. The zero-order valence-corrected chi connectivity index (χ0v) is 14.9. The third-order valence-corrected chi connectivity index (χ3v) is 4.57. The van der Waals surface area contributed by atoms with E-state index >= 15 is 0 Å². The van der Waals surface area contributed by atoms with Gasteiger partial charge in [0, 0.05) is 48.5 Å². The fraction of sp³-hybridized carbons (Fsp3) is 0.250. The molecule has 0 aromatic heterocycles. The van der Waals surface area contributed by atoms with Crippen LogP contribution in [0.25, 0.3) is 6.08 Å². The summed E-state index contributed by atoms with van der Waals surface area (Å²) in [7, 11) is 0. The molecule has 0 unspecified atom stereocenters. The van der Waals surface area contributed by atoms with Crippen LogP contribution in [0.4, 0.5) is 5.69 Å². The Bertz CT molecular complexity index is 796. The van der Waals surface area contributed by atoms with Gasteiger partial charge in [0.2, 0.25) is 5.91 Å². The van der Waals surface area contributed by atoms with Crippen molar-refractivity contribution in [3.05, 3.63) is 64.7 Å². The molecule has 1 N–H and O–H groups in total. The summed E-state index contributed by atoms with van der Waals surface area (Å²) in [6.45, 7) is 4.66. The molecule has 0 saturated carbocycles. The van der Waals surface area contributed by atoms with Gasteiger partial charge in [0.25, 0.3) is 0 Å². The molecule has 25 heavy (non-hydrogen) atoms. The van der Waals surface area contributed by atoms with E-state index in [4.69, 9.17) is 11.6 Å². The Kier molecular flexibility index (Phi) is 5.29. The van der Waals surface area contributed by atoms with Crippen molar-refractivity contribution < 1.29 is 9.90 Å². The quantitative estimate of drug-likeness (QED) is 0.851. The van der Waals surface area contributed by atoms with E-state index in [9.17, 15) is 9.90 Å². The number of hydrogen-bond donors (Lipinski definition) is 1. The number of nitrogens with zero attached hydrogens (tertiary/aromatic N) is 2. The predicted octanol–water partition coefficient (Wildman–Crippen LogP) is 3.80. The van der Waals surface area contributed by atoms with Crippen LogP contribution in [0, 0.1) is 0 Å². The first kappa shape index (κ1) is 17.4. The number of phenolic OH excluding ortho intramolecular Hbond substituents is 1. The van der Waals surface area contributed by atoms with Gasteiger partial charge in [-0.1, -0.05) is 29.8 Å². The molecular weight excluding hydrogens is 336 g/mol. The second-order valence-electron chi connectivity index (χ2n) is 6.18. The van der Waals surface area contributed by atoms with E-state index < -0.39 is 0 Å². The van der Waals surface area contributed by atoms with Crippen molar-refractivity contribution in [2.45, 2.75) is 6.92 Å². The Morgan fingerprint density at radius 3 is 2.48 bits per heavy atom. The summed E-state index contributed by atoms with van der Waals surface area (Å²) in [5.74, 6) is 0.312. The maximum absolute atomic E-state index is 12.7. The SMILES string of the molecule is CC(=Cc1cccc(Cl)c1)C(=O)N1CCN(c2cccc(O)c2)CC1. The highest BCUT2D eigenvalue weighted by Gasteiger charge is 2.22. The van der Waals surface area contributed by atoms with Crippen LogP contribution in [0.2, 0.25) is 5.02 Å². The summed E-state index contributed by atoms with van der Waals surface area (Å²) >= 11 is 5.99. The minimum absolute atomic E-state index is 0.0514. The van der Waals surface area contributed by atoms with Crippen LogP contribution >= 0.6 is 11.6 Å². The molecule has 2 aromatic rings. The van der Waals surface area contributed by atoms with Gasteiger partial charge in [0.1, 0.15) is 5.75 Å². The number of amides is 1. The Balaban J connectivity index is 1.63. The second kappa shape index (κ2) is 7.62. The molecule has 1 fully saturated rings. The Morgan fingerprint density at radius 1 is 1.08 bits per heavy atom. The van der Waals surface area contributed by atoms with Crippen LogP contribution in [0.5, 0.6) is 5.75 Å². The third kappa shape index (κ3) is 4.34. The van der Waals surface area contributed by atoms with Gasteiger partial charge < -0.3 is 14.9 Å². The monoisotopic (exact) mass is 356 g/mol. The minimum Gasteiger partial charge on any atom is -0.508 e. The lowest BCUT2D eigenvalue weighted by Gasteiger charge is -2.36. The van der Waals surface area contributed by atoms with Crippen LogP contribution in [-0.4, -0.2) is 42.1 Å². The van der Waals surface area contributed by atoms with Gasteiger partial charge in [-0.25, -0.2) is 0 Å². The molecule has 0 spiro atoms. The molecule has 1 amide bonds. The maximum atomic E-state index is 12.7. The molecule has 1 saturated heterocycles. The smallest absolute Gasteiger partial charge is 0.249 e. The summed E-state index contributed by atoms with van der Waals surface area (Å²) in [6.07, 6.45) is 1.87. The summed E-state index contributed by atoms with van der Waals surface area (Å²) < 4.78 is 0. The Hall–Kier alpha value is -2.46. The van der Waals surface area contributed by atoms with E-state index in [-0.39, 0.29) is 11.7 Å². The topological polar surface area (TPSA) is 43.8 Å². The van der Waals surface area contributed by atoms with E-state index in [0.29, 0.717) is 23.7 Å². The first-order valence-corrected chi connectivity index (χ1v) is 8.68. The zero-order chi connectivity index (χ0) is 17.8. The van der Waals surface area contributed by atoms with E-state index in [1.165, 1.54) is 0 Å². The number of benzene rings is 2. The largest absolute Gasteiger partial charge is 0.508 e. The molecular formula is C20H21ClN2O2. The fourth-order valence-corrected chi connectivity index (χ4v) is 3.21. The summed E-state index contributed by atoms with van der Waals surface area (Å²) in [4.78, 5) is 16.7. The zero-order valence-electron chi connectivity index (χ0n) is 14.2. The number of piperazine rings is 1. The predicted molar refractivity (Wildman–Crippen MR) is 102 cm³/mol. The number of hydrogen-bond acceptors (Lipinski definition) is 3. The van der Waals surface area contributed by atoms with E-state index in [2.05, 4.69) is 4.90 Å². The number of rotatable bonds is 3. The van der Waals surface area contributed by atoms with Crippen molar-refractivity contribution in [2.75, 3.05) is 31.1 Å². The molecule has 0 aliphatic carbocycles. The summed E-state index contributed by atoms with van der Waals surface area (Å²) in [6, 6.07) is 14.7. The van der Waals surface area contributed by atoms with Gasteiger partial charge in [-0.15, -0.1) is 0 Å². The van der Waals surface area contributed by atoms with Crippen LogP contribution in [0.3, 0.4) is 0 Å². The van der Waals surface area contributed by atoms with E-state index in [0.717, 1.165) is 24.3 Å². The lowest BCUT2D eigenvalue weighted by Crippen LogP contribution is -2.49. The van der Waals surface area contributed by atoms with Crippen molar-refractivity contribution >= 4 is 29.3 Å². The molecule has 5 heteroatoms. The number of carbonyl (C=O) groups excluding carboxylic acids is 1. The Morgan fingerprint density at radius 2 is 1.80 bits per heavy atom.